The minimum atomic E-state index is 0.887. The number of ether oxygens (including phenoxy) is 1. The Labute approximate surface area is 108 Å². The summed E-state index contributed by atoms with van der Waals surface area (Å²) >= 11 is 0. The summed E-state index contributed by atoms with van der Waals surface area (Å²) in [6, 6.07) is 12.2. The molecular formula is C16H17NO. The quantitative estimate of drug-likeness (QED) is 0.803. The minimum Gasteiger partial charge on any atom is -0.497 e. The topological polar surface area (TPSA) is 22.1 Å². The lowest BCUT2D eigenvalue weighted by molar-refractivity contribution is 0.415. The molecule has 18 heavy (non-hydrogen) atoms. The number of hydrogen-bond acceptors (Lipinski definition) is 2. The van der Waals surface area contributed by atoms with Crippen molar-refractivity contribution in [3.8, 4) is 5.75 Å². The molecule has 0 saturated carbocycles. The summed E-state index contributed by atoms with van der Waals surface area (Å²) in [6.45, 7) is 2.16. The predicted molar refractivity (Wildman–Crippen MR) is 75.4 cm³/mol. The van der Waals surface area contributed by atoms with Gasteiger partial charge in [-0.3, -0.25) is 4.98 Å². The molecule has 2 rings (SSSR count). The first-order valence-corrected chi connectivity index (χ1v) is 6.08. The van der Waals surface area contributed by atoms with Gasteiger partial charge in [-0.15, -0.1) is 0 Å². The first-order chi connectivity index (χ1) is 8.83. The summed E-state index contributed by atoms with van der Waals surface area (Å²) in [5.41, 5.74) is 3.72. The van der Waals surface area contributed by atoms with Crippen molar-refractivity contribution in [3.05, 3.63) is 59.9 Å². The molecule has 0 unspecified atom stereocenters. The molecule has 1 aromatic heterocycles. The van der Waals surface area contributed by atoms with E-state index < -0.39 is 0 Å². The highest BCUT2D eigenvalue weighted by molar-refractivity contribution is 5.81. The normalized spacial score (nSPS) is 11.3. The number of aromatic nitrogens is 1. The van der Waals surface area contributed by atoms with Gasteiger partial charge in [0.2, 0.25) is 0 Å². The zero-order valence-electron chi connectivity index (χ0n) is 10.8. The van der Waals surface area contributed by atoms with Crippen LogP contribution >= 0.6 is 0 Å². The van der Waals surface area contributed by atoms with Crippen molar-refractivity contribution in [2.45, 2.75) is 13.3 Å². The molecule has 0 saturated heterocycles. The molecule has 0 aliphatic heterocycles. The van der Waals surface area contributed by atoms with Crippen LogP contribution in [0.25, 0.3) is 11.6 Å². The van der Waals surface area contributed by atoms with Crippen molar-refractivity contribution in [1.82, 2.24) is 4.98 Å². The van der Waals surface area contributed by atoms with E-state index in [1.165, 1.54) is 16.7 Å². The molecule has 0 N–H and O–H groups in total. The fourth-order valence-corrected chi connectivity index (χ4v) is 1.86. The SMILES string of the molecule is CC/C(=C/c1ccncc1)c1ccc(OC)cc1. The van der Waals surface area contributed by atoms with Crippen molar-refractivity contribution in [2.24, 2.45) is 0 Å². The average molecular weight is 239 g/mol. The second kappa shape index (κ2) is 6.01. The molecule has 0 aliphatic carbocycles. The van der Waals surface area contributed by atoms with Gasteiger partial charge in [-0.2, -0.15) is 0 Å². The van der Waals surface area contributed by atoms with Crippen molar-refractivity contribution in [2.75, 3.05) is 7.11 Å². The summed E-state index contributed by atoms with van der Waals surface area (Å²) in [4.78, 5) is 4.03. The van der Waals surface area contributed by atoms with E-state index in [0.717, 1.165) is 12.2 Å². The molecular weight excluding hydrogens is 222 g/mol. The lowest BCUT2D eigenvalue weighted by Gasteiger charge is -2.06. The number of hydrogen-bond donors (Lipinski definition) is 0. The largest absolute Gasteiger partial charge is 0.497 e. The monoisotopic (exact) mass is 239 g/mol. The summed E-state index contributed by atoms with van der Waals surface area (Å²) in [5.74, 6) is 0.887. The van der Waals surface area contributed by atoms with Crippen LogP contribution in [0.15, 0.2) is 48.8 Å². The van der Waals surface area contributed by atoms with Gasteiger partial charge in [-0.1, -0.05) is 25.1 Å². The van der Waals surface area contributed by atoms with Crippen LogP contribution in [-0.4, -0.2) is 12.1 Å². The lowest BCUT2D eigenvalue weighted by atomic mass is 10.0. The van der Waals surface area contributed by atoms with Crippen LogP contribution in [0, 0.1) is 0 Å². The Morgan fingerprint density at radius 1 is 1.11 bits per heavy atom. The molecule has 0 spiro atoms. The molecule has 0 atom stereocenters. The number of rotatable bonds is 4. The molecule has 1 aromatic carbocycles. The minimum absolute atomic E-state index is 0.887. The van der Waals surface area contributed by atoms with Crippen molar-refractivity contribution >= 4 is 11.6 Å². The van der Waals surface area contributed by atoms with Gasteiger partial charge < -0.3 is 4.74 Å². The number of benzene rings is 1. The Kier molecular flexibility index (Phi) is 4.13. The highest BCUT2D eigenvalue weighted by Gasteiger charge is 2.00. The van der Waals surface area contributed by atoms with Gasteiger partial charge in [0.05, 0.1) is 7.11 Å². The van der Waals surface area contributed by atoms with Gasteiger partial charge in [0.25, 0.3) is 0 Å². The Hall–Kier alpha value is -2.09. The van der Waals surface area contributed by atoms with E-state index in [2.05, 4.69) is 30.1 Å². The van der Waals surface area contributed by atoms with Crippen molar-refractivity contribution in [3.63, 3.8) is 0 Å². The van der Waals surface area contributed by atoms with Gasteiger partial charge >= 0.3 is 0 Å². The number of nitrogens with zero attached hydrogens (tertiary/aromatic N) is 1. The fraction of sp³-hybridized carbons (Fsp3) is 0.188. The van der Waals surface area contributed by atoms with E-state index in [-0.39, 0.29) is 0 Å². The Balaban J connectivity index is 2.30. The van der Waals surface area contributed by atoms with Crippen LogP contribution in [0.5, 0.6) is 5.75 Å². The summed E-state index contributed by atoms with van der Waals surface area (Å²) in [5, 5.41) is 0. The average Bonchev–Trinajstić information content (AvgIpc) is 2.46. The molecule has 2 aromatic rings. The molecule has 0 aliphatic rings. The van der Waals surface area contributed by atoms with E-state index in [9.17, 15) is 0 Å². The number of pyridine rings is 1. The molecule has 2 heteroatoms. The second-order valence-electron chi connectivity index (χ2n) is 4.03. The third-order valence-corrected chi connectivity index (χ3v) is 2.89. The first-order valence-electron chi connectivity index (χ1n) is 6.08. The van der Waals surface area contributed by atoms with E-state index in [0.29, 0.717) is 0 Å². The Bertz CT molecular complexity index is 515. The zero-order valence-corrected chi connectivity index (χ0v) is 10.8. The number of methoxy groups -OCH3 is 1. The molecule has 0 radical (unpaired) electrons. The van der Waals surface area contributed by atoms with E-state index in [4.69, 9.17) is 4.74 Å². The van der Waals surface area contributed by atoms with E-state index in [1.54, 1.807) is 7.11 Å². The van der Waals surface area contributed by atoms with Crippen LogP contribution < -0.4 is 4.74 Å². The third-order valence-electron chi connectivity index (χ3n) is 2.89. The molecule has 0 bridgehead atoms. The van der Waals surface area contributed by atoms with Gasteiger partial charge in [0.15, 0.2) is 0 Å². The van der Waals surface area contributed by atoms with E-state index >= 15 is 0 Å². The Morgan fingerprint density at radius 3 is 2.33 bits per heavy atom. The maximum Gasteiger partial charge on any atom is 0.118 e. The standard InChI is InChI=1S/C16H17NO/c1-3-14(12-13-8-10-17-11-9-13)15-4-6-16(18-2)7-5-15/h4-12H,3H2,1-2H3/b14-12-. The smallest absolute Gasteiger partial charge is 0.118 e. The van der Waals surface area contributed by atoms with Gasteiger partial charge in [0.1, 0.15) is 5.75 Å². The van der Waals surface area contributed by atoms with Crippen LogP contribution in [0.2, 0.25) is 0 Å². The summed E-state index contributed by atoms with van der Waals surface area (Å²) in [7, 11) is 1.68. The van der Waals surface area contributed by atoms with Gasteiger partial charge in [-0.05, 0) is 47.4 Å². The number of allylic oxidation sites excluding steroid dienone is 1. The van der Waals surface area contributed by atoms with Gasteiger partial charge in [0, 0.05) is 12.4 Å². The van der Waals surface area contributed by atoms with Crippen LogP contribution in [-0.2, 0) is 0 Å². The summed E-state index contributed by atoms with van der Waals surface area (Å²) in [6.07, 6.45) is 6.82. The highest BCUT2D eigenvalue weighted by Crippen LogP contribution is 2.23. The molecule has 1 heterocycles. The predicted octanol–water partition coefficient (Wildman–Crippen LogP) is 4.04. The zero-order chi connectivity index (χ0) is 12.8. The lowest BCUT2D eigenvalue weighted by Crippen LogP contribution is -1.86. The van der Waals surface area contributed by atoms with Crippen LogP contribution in [0.3, 0.4) is 0 Å². The second-order valence-corrected chi connectivity index (χ2v) is 4.03. The third kappa shape index (κ3) is 2.98. The molecule has 0 fully saturated rings. The van der Waals surface area contributed by atoms with Crippen molar-refractivity contribution in [1.29, 1.82) is 0 Å². The molecule has 92 valence electrons. The molecule has 0 amide bonds. The van der Waals surface area contributed by atoms with Gasteiger partial charge in [-0.25, -0.2) is 0 Å². The maximum atomic E-state index is 5.17. The molecule has 2 nitrogen and oxygen atoms in total. The first kappa shape index (κ1) is 12.4. The fourth-order valence-electron chi connectivity index (χ4n) is 1.86. The highest BCUT2D eigenvalue weighted by atomic mass is 16.5. The van der Waals surface area contributed by atoms with Crippen LogP contribution in [0.4, 0.5) is 0 Å². The Morgan fingerprint density at radius 2 is 1.78 bits per heavy atom. The summed E-state index contributed by atoms with van der Waals surface area (Å²) < 4.78 is 5.17. The van der Waals surface area contributed by atoms with Crippen LogP contribution in [0.1, 0.15) is 24.5 Å². The van der Waals surface area contributed by atoms with E-state index in [1.807, 2.05) is 36.7 Å². The van der Waals surface area contributed by atoms with Crippen molar-refractivity contribution < 1.29 is 4.74 Å². The maximum absolute atomic E-state index is 5.17.